The van der Waals surface area contributed by atoms with Crippen molar-refractivity contribution in [2.24, 2.45) is 0 Å². The lowest BCUT2D eigenvalue weighted by Gasteiger charge is -2.37. The third-order valence-electron chi connectivity index (χ3n) is 5.27. The zero-order valence-corrected chi connectivity index (χ0v) is 17.7. The van der Waals surface area contributed by atoms with Gasteiger partial charge in [0.2, 0.25) is 11.8 Å². The van der Waals surface area contributed by atoms with Gasteiger partial charge in [-0.05, 0) is 42.0 Å². The fourth-order valence-electron chi connectivity index (χ4n) is 3.74. The molecule has 3 aromatic carbocycles. The van der Waals surface area contributed by atoms with E-state index in [1.165, 1.54) is 24.3 Å². The molecule has 0 fully saturated rings. The summed E-state index contributed by atoms with van der Waals surface area (Å²) in [4.78, 5) is 28.6. The number of hydrogen-bond donors (Lipinski definition) is 0. The minimum atomic E-state index is -0.742. The first kappa shape index (κ1) is 20.3. The molecule has 160 valence electrons. The Morgan fingerprint density at radius 2 is 1.75 bits per heavy atom. The SMILES string of the molecule is O=C(Cn1nc(-c2ccc(F)cc2)oc1=O)N1c2ccccc2SCC1c1ccccc1. The third kappa shape index (κ3) is 3.85. The predicted molar refractivity (Wildman–Crippen MR) is 120 cm³/mol. The Kier molecular flexibility index (Phi) is 5.36. The number of anilines is 1. The van der Waals surface area contributed by atoms with Crippen LogP contribution in [0.5, 0.6) is 0 Å². The number of amides is 1. The van der Waals surface area contributed by atoms with Gasteiger partial charge in [-0.15, -0.1) is 16.9 Å². The van der Waals surface area contributed by atoms with Gasteiger partial charge >= 0.3 is 5.76 Å². The Bertz CT molecular complexity index is 1320. The number of halogens is 1. The van der Waals surface area contributed by atoms with E-state index in [-0.39, 0.29) is 24.4 Å². The van der Waals surface area contributed by atoms with Crippen LogP contribution in [-0.2, 0) is 11.3 Å². The average Bonchev–Trinajstić information content (AvgIpc) is 3.19. The summed E-state index contributed by atoms with van der Waals surface area (Å²) in [6.07, 6.45) is 0. The Labute approximate surface area is 187 Å². The van der Waals surface area contributed by atoms with Crippen molar-refractivity contribution in [1.29, 1.82) is 0 Å². The second-order valence-corrected chi connectivity index (χ2v) is 8.37. The molecule has 1 atom stereocenters. The second-order valence-electron chi connectivity index (χ2n) is 7.31. The van der Waals surface area contributed by atoms with Gasteiger partial charge in [0.15, 0.2) is 0 Å². The topological polar surface area (TPSA) is 68.3 Å². The predicted octanol–water partition coefficient (Wildman–Crippen LogP) is 4.52. The Balaban J connectivity index is 1.48. The molecule has 0 radical (unpaired) electrons. The van der Waals surface area contributed by atoms with Gasteiger partial charge in [0, 0.05) is 16.2 Å². The van der Waals surface area contributed by atoms with E-state index < -0.39 is 11.6 Å². The van der Waals surface area contributed by atoms with E-state index in [0.717, 1.165) is 20.8 Å². The van der Waals surface area contributed by atoms with E-state index in [9.17, 15) is 14.0 Å². The van der Waals surface area contributed by atoms with Crippen molar-refractivity contribution in [3.05, 3.63) is 101 Å². The van der Waals surface area contributed by atoms with Crippen molar-refractivity contribution in [1.82, 2.24) is 9.78 Å². The summed E-state index contributed by atoms with van der Waals surface area (Å²) in [7, 11) is 0. The van der Waals surface area contributed by atoms with Gasteiger partial charge in [-0.25, -0.2) is 9.18 Å². The molecule has 0 spiro atoms. The van der Waals surface area contributed by atoms with Crippen molar-refractivity contribution in [2.45, 2.75) is 17.5 Å². The molecule has 8 heteroatoms. The van der Waals surface area contributed by atoms with Crippen LogP contribution < -0.4 is 10.7 Å². The van der Waals surface area contributed by atoms with Gasteiger partial charge in [-0.1, -0.05) is 42.5 Å². The number of hydrogen-bond acceptors (Lipinski definition) is 5. The average molecular weight is 447 g/mol. The Morgan fingerprint density at radius 3 is 2.53 bits per heavy atom. The number of para-hydroxylation sites is 1. The molecule has 0 bridgehead atoms. The minimum Gasteiger partial charge on any atom is -0.388 e. The number of nitrogens with zero attached hydrogens (tertiary/aromatic N) is 3. The van der Waals surface area contributed by atoms with Gasteiger partial charge in [0.1, 0.15) is 12.4 Å². The first-order valence-electron chi connectivity index (χ1n) is 10.0. The summed E-state index contributed by atoms with van der Waals surface area (Å²) in [6, 6.07) is 22.8. The summed E-state index contributed by atoms with van der Waals surface area (Å²) in [5.74, 6) is -0.682. The van der Waals surface area contributed by atoms with E-state index in [1.54, 1.807) is 16.7 Å². The molecule has 6 nitrogen and oxygen atoms in total. The van der Waals surface area contributed by atoms with Gasteiger partial charge in [0.25, 0.3) is 0 Å². The van der Waals surface area contributed by atoms with Crippen LogP contribution in [-0.4, -0.2) is 21.4 Å². The van der Waals surface area contributed by atoms with Gasteiger partial charge < -0.3 is 9.32 Å². The molecule has 1 unspecified atom stereocenters. The summed E-state index contributed by atoms with van der Waals surface area (Å²) in [5.41, 5.74) is 2.27. The number of fused-ring (bicyclic) bond motifs is 1. The molecule has 0 saturated heterocycles. The van der Waals surface area contributed by atoms with Crippen LogP contribution in [0.4, 0.5) is 10.1 Å². The number of benzene rings is 3. The fourth-order valence-corrected chi connectivity index (χ4v) is 4.91. The lowest BCUT2D eigenvalue weighted by Crippen LogP contribution is -2.41. The van der Waals surface area contributed by atoms with Crippen LogP contribution in [0.25, 0.3) is 11.5 Å². The summed E-state index contributed by atoms with van der Waals surface area (Å²) in [6.45, 7) is -0.272. The van der Waals surface area contributed by atoms with Crippen molar-refractivity contribution in [2.75, 3.05) is 10.7 Å². The van der Waals surface area contributed by atoms with E-state index in [4.69, 9.17) is 4.42 Å². The van der Waals surface area contributed by atoms with Crippen LogP contribution in [0.1, 0.15) is 11.6 Å². The van der Waals surface area contributed by atoms with Gasteiger partial charge in [0.05, 0.1) is 11.7 Å². The van der Waals surface area contributed by atoms with Crippen molar-refractivity contribution < 1.29 is 13.6 Å². The van der Waals surface area contributed by atoms with E-state index >= 15 is 0 Å². The molecule has 0 aliphatic carbocycles. The van der Waals surface area contributed by atoms with E-state index in [0.29, 0.717) is 11.3 Å². The first-order chi connectivity index (χ1) is 15.6. The molecule has 4 aromatic rings. The molecule has 1 amide bonds. The smallest absolute Gasteiger partial charge is 0.388 e. The molecule has 1 aromatic heterocycles. The van der Waals surface area contributed by atoms with E-state index in [1.807, 2.05) is 54.6 Å². The van der Waals surface area contributed by atoms with Crippen LogP contribution in [0.2, 0.25) is 0 Å². The largest absolute Gasteiger partial charge is 0.437 e. The second kappa shape index (κ2) is 8.47. The number of thioether (sulfide) groups is 1. The fraction of sp³-hybridized carbons (Fsp3) is 0.125. The highest BCUT2D eigenvalue weighted by Crippen LogP contribution is 2.43. The summed E-state index contributed by atoms with van der Waals surface area (Å²) < 4.78 is 19.4. The molecule has 5 rings (SSSR count). The van der Waals surface area contributed by atoms with Gasteiger partial charge in [-0.3, -0.25) is 4.79 Å². The molecule has 0 saturated carbocycles. The van der Waals surface area contributed by atoms with Crippen molar-refractivity contribution in [3.8, 4) is 11.5 Å². The number of carbonyl (C=O) groups is 1. The molecule has 32 heavy (non-hydrogen) atoms. The highest BCUT2D eigenvalue weighted by atomic mass is 32.2. The third-order valence-corrected chi connectivity index (χ3v) is 6.41. The molecular weight excluding hydrogens is 429 g/mol. The van der Waals surface area contributed by atoms with E-state index in [2.05, 4.69) is 5.10 Å². The number of carbonyl (C=O) groups excluding carboxylic acids is 1. The van der Waals surface area contributed by atoms with Gasteiger partial charge in [-0.2, -0.15) is 4.68 Å². The number of aromatic nitrogens is 2. The maximum absolute atomic E-state index is 13.5. The van der Waals surface area contributed by atoms with Crippen molar-refractivity contribution in [3.63, 3.8) is 0 Å². The zero-order chi connectivity index (χ0) is 22.1. The maximum Gasteiger partial charge on any atom is 0.437 e. The lowest BCUT2D eigenvalue weighted by atomic mass is 10.1. The molecule has 1 aliphatic rings. The molecule has 2 heterocycles. The van der Waals surface area contributed by atoms with Crippen LogP contribution in [0.15, 0.2) is 93.0 Å². The first-order valence-corrected chi connectivity index (χ1v) is 11.0. The minimum absolute atomic E-state index is 0.0389. The van der Waals surface area contributed by atoms with Crippen LogP contribution >= 0.6 is 11.8 Å². The van der Waals surface area contributed by atoms with Crippen LogP contribution in [0, 0.1) is 5.82 Å². The molecule has 0 N–H and O–H groups in total. The Morgan fingerprint density at radius 1 is 1.03 bits per heavy atom. The standard InChI is InChI=1S/C24H18FN3O3S/c25-18-12-10-17(11-13-18)23-26-27(24(30)31-23)14-22(29)28-19-8-4-5-9-21(19)32-15-20(28)16-6-2-1-3-7-16/h1-13,20H,14-15H2. The lowest BCUT2D eigenvalue weighted by molar-refractivity contribution is -0.119. The highest BCUT2D eigenvalue weighted by molar-refractivity contribution is 7.99. The number of rotatable bonds is 4. The maximum atomic E-state index is 13.5. The molecular formula is C24H18FN3O3S. The van der Waals surface area contributed by atoms with Crippen molar-refractivity contribution >= 4 is 23.4 Å². The summed E-state index contributed by atoms with van der Waals surface area (Å²) >= 11 is 1.70. The molecule has 1 aliphatic heterocycles. The van der Waals surface area contributed by atoms with Crippen LogP contribution in [0.3, 0.4) is 0 Å². The normalized spacial score (nSPS) is 15.4. The monoisotopic (exact) mass is 447 g/mol. The quantitative estimate of drug-likeness (QED) is 0.460. The zero-order valence-electron chi connectivity index (χ0n) is 16.8. The Hall–Kier alpha value is -3.65. The highest BCUT2D eigenvalue weighted by Gasteiger charge is 2.33. The summed E-state index contributed by atoms with van der Waals surface area (Å²) in [5, 5.41) is 4.16.